The molecule has 102 valence electrons. The van der Waals surface area contributed by atoms with Gasteiger partial charge in [-0.3, -0.25) is 9.78 Å². The van der Waals surface area contributed by atoms with Crippen LogP contribution in [-0.2, 0) is 6.54 Å². The van der Waals surface area contributed by atoms with Crippen LogP contribution in [0.25, 0.3) is 0 Å². The van der Waals surface area contributed by atoms with E-state index < -0.39 is 0 Å². The molecule has 4 heteroatoms. The van der Waals surface area contributed by atoms with Crippen molar-refractivity contribution in [2.75, 3.05) is 6.54 Å². The van der Waals surface area contributed by atoms with E-state index in [-0.39, 0.29) is 11.9 Å². The van der Waals surface area contributed by atoms with Crippen LogP contribution in [0.3, 0.4) is 0 Å². The molecule has 2 N–H and O–H groups in total. The molecule has 4 nitrogen and oxygen atoms in total. The number of rotatable bonds is 2. The Balaban J connectivity index is 1.85. The minimum Gasteiger partial charge on any atom is -0.344 e. The summed E-state index contributed by atoms with van der Waals surface area (Å²) in [5.74, 6) is -0.0599. The van der Waals surface area contributed by atoms with Crippen molar-refractivity contribution in [2.24, 2.45) is 0 Å². The molecule has 0 saturated heterocycles. The molecule has 2 heterocycles. The third-order valence-corrected chi connectivity index (χ3v) is 3.67. The minimum atomic E-state index is -0.0599. The molecule has 1 amide bonds. The van der Waals surface area contributed by atoms with Crippen LogP contribution in [0.15, 0.2) is 42.7 Å². The van der Waals surface area contributed by atoms with Crippen LogP contribution < -0.4 is 10.6 Å². The number of nitrogens with one attached hydrogen (secondary N) is 2. The van der Waals surface area contributed by atoms with E-state index in [1.807, 2.05) is 0 Å². The van der Waals surface area contributed by atoms with Gasteiger partial charge in [0, 0.05) is 31.0 Å². The van der Waals surface area contributed by atoms with Gasteiger partial charge in [-0.05, 0) is 35.7 Å². The lowest BCUT2D eigenvalue weighted by atomic mass is 9.92. The highest BCUT2D eigenvalue weighted by Crippen LogP contribution is 2.25. The summed E-state index contributed by atoms with van der Waals surface area (Å²) in [6.07, 6.45) is 3.26. The molecule has 3 rings (SSSR count). The van der Waals surface area contributed by atoms with E-state index in [9.17, 15) is 4.79 Å². The molecule has 0 radical (unpaired) electrons. The predicted molar refractivity (Wildman–Crippen MR) is 77.3 cm³/mol. The first-order valence-corrected chi connectivity index (χ1v) is 6.75. The van der Waals surface area contributed by atoms with Crippen molar-refractivity contribution in [1.82, 2.24) is 15.6 Å². The fraction of sp³-hybridized carbons (Fsp3) is 0.250. The number of hydrogen-bond donors (Lipinski definition) is 2. The molecular weight excluding hydrogens is 250 g/mol. The van der Waals surface area contributed by atoms with Crippen molar-refractivity contribution in [3.8, 4) is 0 Å². The van der Waals surface area contributed by atoms with Gasteiger partial charge in [0.25, 0.3) is 5.91 Å². The van der Waals surface area contributed by atoms with Crippen molar-refractivity contribution in [2.45, 2.75) is 19.5 Å². The van der Waals surface area contributed by atoms with E-state index in [0.717, 1.165) is 13.1 Å². The van der Waals surface area contributed by atoms with Crippen molar-refractivity contribution in [3.63, 3.8) is 0 Å². The smallest absolute Gasteiger partial charge is 0.251 e. The second-order valence-corrected chi connectivity index (χ2v) is 5.04. The molecule has 0 saturated carbocycles. The zero-order chi connectivity index (χ0) is 13.9. The van der Waals surface area contributed by atoms with Gasteiger partial charge in [0.15, 0.2) is 0 Å². The zero-order valence-electron chi connectivity index (χ0n) is 11.4. The molecular formula is C16H17N3O. The first-order chi connectivity index (χ1) is 9.75. The van der Waals surface area contributed by atoms with Crippen molar-refractivity contribution >= 4 is 5.91 Å². The number of nitrogens with zero attached hydrogens (tertiary/aromatic N) is 1. The Morgan fingerprint density at radius 2 is 2.10 bits per heavy atom. The number of aromatic nitrogens is 1. The standard InChI is InChI=1S/C16H17N3O/c1-11-3-2-4-13-9-18-10-14(15(11)13)19-16(20)12-5-7-17-8-6-12/h2-8,14,18H,9-10H2,1H3,(H,19,20). The highest BCUT2D eigenvalue weighted by Gasteiger charge is 2.23. The lowest BCUT2D eigenvalue weighted by Gasteiger charge is -2.28. The Hall–Kier alpha value is -2.20. The van der Waals surface area contributed by atoms with Gasteiger partial charge in [-0.1, -0.05) is 18.2 Å². The van der Waals surface area contributed by atoms with Crippen LogP contribution in [0.2, 0.25) is 0 Å². The third-order valence-electron chi connectivity index (χ3n) is 3.67. The molecule has 0 bridgehead atoms. The highest BCUT2D eigenvalue weighted by molar-refractivity contribution is 5.94. The summed E-state index contributed by atoms with van der Waals surface area (Å²) in [6, 6.07) is 9.73. The quantitative estimate of drug-likeness (QED) is 0.874. The van der Waals surface area contributed by atoms with E-state index in [4.69, 9.17) is 0 Å². The van der Waals surface area contributed by atoms with E-state index in [1.54, 1.807) is 24.5 Å². The van der Waals surface area contributed by atoms with E-state index in [2.05, 4.69) is 40.7 Å². The Morgan fingerprint density at radius 1 is 1.30 bits per heavy atom. The Bertz CT molecular complexity index is 625. The van der Waals surface area contributed by atoms with Crippen LogP contribution in [-0.4, -0.2) is 17.4 Å². The molecule has 0 spiro atoms. The fourth-order valence-corrected chi connectivity index (χ4v) is 2.72. The largest absolute Gasteiger partial charge is 0.344 e. The molecule has 1 aliphatic heterocycles. The number of aryl methyl sites for hydroxylation is 1. The summed E-state index contributed by atoms with van der Waals surface area (Å²) in [5, 5.41) is 6.45. The normalized spacial score (nSPS) is 17.4. The number of pyridine rings is 1. The number of benzene rings is 1. The predicted octanol–water partition coefficient (Wildman–Crippen LogP) is 1.96. The molecule has 0 aliphatic carbocycles. The van der Waals surface area contributed by atoms with Crippen molar-refractivity contribution in [3.05, 3.63) is 65.0 Å². The lowest BCUT2D eigenvalue weighted by molar-refractivity contribution is 0.0934. The monoisotopic (exact) mass is 267 g/mol. The van der Waals surface area contributed by atoms with Crippen LogP contribution in [0, 0.1) is 6.92 Å². The van der Waals surface area contributed by atoms with Gasteiger partial charge in [-0.2, -0.15) is 0 Å². The molecule has 1 atom stereocenters. The van der Waals surface area contributed by atoms with Crippen LogP contribution in [0.4, 0.5) is 0 Å². The van der Waals surface area contributed by atoms with Gasteiger partial charge < -0.3 is 10.6 Å². The second-order valence-electron chi connectivity index (χ2n) is 5.04. The molecule has 1 unspecified atom stereocenters. The van der Waals surface area contributed by atoms with E-state index in [1.165, 1.54) is 16.7 Å². The first kappa shape index (κ1) is 12.8. The second kappa shape index (κ2) is 5.43. The first-order valence-electron chi connectivity index (χ1n) is 6.75. The summed E-state index contributed by atoms with van der Waals surface area (Å²) in [5.41, 5.74) is 4.37. The Morgan fingerprint density at radius 3 is 2.90 bits per heavy atom. The average molecular weight is 267 g/mol. The molecule has 1 aliphatic rings. The van der Waals surface area contributed by atoms with Crippen LogP contribution in [0.5, 0.6) is 0 Å². The van der Waals surface area contributed by atoms with Crippen molar-refractivity contribution in [1.29, 1.82) is 0 Å². The maximum atomic E-state index is 12.3. The molecule has 1 aromatic heterocycles. The minimum absolute atomic E-state index is 0.0145. The summed E-state index contributed by atoms with van der Waals surface area (Å²) in [4.78, 5) is 16.2. The van der Waals surface area contributed by atoms with E-state index >= 15 is 0 Å². The average Bonchev–Trinajstić information content (AvgIpc) is 2.48. The number of carbonyl (C=O) groups excluding carboxylic acids is 1. The third kappa shape index (κ3) is 2.42. The molecule has 1 aromatic carbocycles. The summed E-state index contributed by atoms with van der Waals surface area (Å²) in [6.45, 7) is 3.71. The van der Waals surface area contributed by atoms with Crippen LogP contribution in [0.1, 0.15) is 33.1 Å². The Kier molecular flexibility index (Phi) is 3.48. The van der Waals surface area contributed by atoms with Gasteiger partial charge >= 0.3 is 0 Å². The Labute approximate surface area is 118 Å². The molecule has 20 heavy (non-hydrogen) atoms. The van der Waals surface area contributed by atoms with Gasteiger partial charge in [-0.15, -0.1) is 0 Å². The van der Waals surface area contributed by atoms with Crippen molar-refractivity contribution < 1.29 is 4.79 Å². The highest BCUT2D eigenvalue weighted by atomic mass is 16.1. The fourth-order valence-electron chi connectivity index (χ4n) is 2.72. The van der Waals surface area contributed by atoms with Crippen LogP contribution >= 0.6 is 0 Å². The van der Waals surface area contributed by atoms with Gasteiger partial charge in [-0.25, -0.2) is 0 Å². The number of fused-ring (bicyclic) bond motifs is 1. The molecule has 0 fully saturated rings. The number of carbonyl (C=O) groups is 1. The van der Waals surface area contributed by atoms with Gasteiger partial charge in [0.1, 0.15) is 0 Å². The summed E-state index contributed by atoms with van der Waals surface area (Å²) < 4.78 is 0. The van der Waals surface area contributed by atoms with Gasteiger partial charge in [0.05, 0.1) is 6.04 Å². The topological polar surface area (TPSA) is 54.0 Å². The lowest BCUT2D eigenvalue weighted by Crippen LogP contribution is -2.39. The van der Waals surface area contributed by atoms with Gasteiger partial charge in [0.2, 0.25) is 0 Å². The summed E-state index contributed by atoms with van der Waals surface area (Å²) >= 11 is 0. The maximum Gasteiger partial charge on any atom is 0.251 e. The summed E-state index contributed by atoms with van der Waals surface area (Å²) in [7, 11) is 0. The van der Waals surface area contributed by atoms with E-state index in [0.29, 0.717) is 5.56 Å². The zero-order valence-corrected chi connectivity index (χ0v) is 11.4. The maximum absolute atomic E-state index is 12.3. The SMILES string of the molecule is Cc1cccc2c1C(NC(=O)c1ccncc1)CNC2. The number of amides is 1. The number of hydrogen-bond acceptors (Lipinski definition) is 3. The molecule has 2 aromatic rings.